The van der Waals surface area contributed by atoms with E-state index in [1.54, 1.807) is 18.2 Å². The molecule has 4 nitrogen and oxygen atoms in total. The van der Waals surface area contributed by atoms with Gasteiger partial charge < -0.3 is 5.32 Å². The molecule has 0 saturated heterocycles. The van der Waals surface area contributed by atoms with E-state index in [4.69, 9.17) is 11.6 Å². The maximum absolute atomic E-state index is 12.1. The average Bonchev–Trinajstić information content (AvgIpc) is 2.26. The molecule has 0 aromatic heterocycles. The van der Waals surface area contributed by atoms with Gasteiger partial charge in [0, 0.05) is 17.1 Å². The van der Waals surface area contributed by atoms with Crippen LogP contribution in [0.2, 0.25) is 5.02 Å². The number of sulfonamides is 1. The van der Waals surface area contributed by atoms with Crippen LogP contribution >= 0.6 is 39.9 Å². The molecular weight excluding hydrogens is 375 g/mol. The highest BCUT2D eigenvalue weighted by Gasteiger charge is 2.21. The lowest BCUT2D eigenvalue weighted by atomic mass is 10.3. The molecule has 0 unspecified atom stereocenters. The minimum atomic E-state index is -3.60. The van der Waals surface area contributed by atoms with E-state index < -0.39 is 10.0 Å². The summed E-state index contributed by atoms with van der Waals surface area (Å²) in [5, 5.41) is 3.33. The molecule has 0 saturated carbocycles. The Kier molecular flexibility index (Phi) is 8.51. The van der Waals surface area contributed by atoms with Crippen molar-refractivity contribution in [3.05, 3.63) is 27.7 Å². The Morgan fingerprint density at radius 1 is 1.42 bits per heavy atom. The maximum Gasteiger partial charge on any atom is 0.243 e. The van der Waals surface area contributed by atoms with Crippen LogP contribution in [-0.2, 0) is 10.0 Å². The van der Waals surface area contributed by atoms with Gasteiger partial charge in [0.1, 0.15) is 4.90 Å². The van der Waals surface area contributed by atoms with Gasteiger partial charge in [-0.1, -0.05) is 24.6 Å². The second kappa shape index (κ2) is 8.44. The maximum atomic E-state index is 12.1. The predicted molar refractivity (Wildman–Crippen MR) is 84.7 cm³/mol. The largest absolute Gasteiger partial charge is 0.313 e. The van der Waals surface area contributed by atoms with Gasteiger partial charge in [-0.2, -0.15) is 0 Å². The normalized spacial score (nSPS) is 12.8. The molecule has 2 N–H and O–H groups in total. The Balaban J connectivity index is 0.00000324. The van der Waals surface area contributed by atoms with Crippen LogP contribution in [0.15, 0.2) is 27.6 Å². The molecule has 19 heavy (non-hydrogen) atoms. The monoisotopic (exact) mass is 390 g/mol. The number of hydrogen-bond acceptors (Lipinski definition) is 3. The van der Waals surface area contributed by atoms with Crippen LogP contribution < -0.4 is 10.0 Å². The van der Waals surface area contributed by atoms with Crippen LogP contribution in [0, 0.1) is 0 Å². The lowest BCUT2D eigenvalue weighted by Crippen LogP contribution is -2.38. The molecule has 1 aromatic carbocycles. The van der Waals surface area contributed by atoms with Crippen LogP contribution in [0.4, 0.5) is 0 Å². The summed E-state index contributed by atoms with van der Waals surface area (Å²) < 4.78 is 27.3. The molecule has 0 radical (unpaired) electrons. The molecule has 0 aliphatic heterocycles. The zero-order valence-electron chi connectivity index (χ0n) is 10.6. The van der Waals surface area contributed by atoms with E-state index in [0.29, 0.717) is 11.0 Å². The molecular formula is C11H17BrCl2N2O2S. The summed E-state index contributed by atoms with van der Waals surface area (Å²) in [4.78, 5) is 0.0790. The topological polar surface area (TPSA) is 58.2 Å². The molecule has 0 fully saturated rings. The molecule has 0 heterocycles. The summed E-state index contributed by atoms with van der Waals surface area (Å²) in [7, 11) is -3.60. The quantitative estimate of drug-likeness (QED) is 0.783. The van der Waals surface area contributed by atoms with Gasteiger partial charge in [-0.15, -0.1) is 12.4 Å². The van der Waals surface area contributed by atoms with Crippen molar-refractivity contribution in [3.63, 3.8) is 0 Å². The molecule has 1 atom stereocenters. The first-order chi connectivity index (χ1) is 8.38. The molecule has 0 aliphatic rings. The first-order valence-corrected chi connectivity index (χ1v) is 8.21. The van der Waals surface area contributed by atoms with Crippen molar-refractivity contribution in [1.82, 2.24) is 10.0 Å². The average molecular weight is 392 g/mol. The lowest BCUT2D eigenvalue weighted by molar-refractivity contribution is 0.536. The van der Waals surface area contributed by atoms with E-state index >= 15 is 0 Å². The third kappa shape index (κ3) is 5.57. The van der Waals surface area contributed by atoms with Crippen molar-refractivity contribution in [3.8, 4) is 0 Å². The van der Waals surface area contributed by atoms with Crippen molar-refractivity contribution >= 4 is 50.0 Å². The van der Waals surface area contributed by atoms with Gasteiger partial charge in [0.05, 0.1) is 5.02 Å². The third-order valence-electron chi connectivity index (χ3n) is 2.32. The second-order valence-corrected chi connectivity index (χ2v) is 6.83. The summed E-state index contributed by atoms with van der Waals surface area (Å²) in [5.41, 5.74) is 0. The van der Waals surface area contributed by atoms with E-state index in [0.717, 1.165) is 6.54 Å². The molecule has 8 heteroatoms. The van der Waals surface area contributed by atoms with Crippen molar-refractivity contribution in [2.24, 2.45) is 0 Å². The summed E-state index contributed by atoms with van der Waals surface area (Å²) >= 11 is 9.13. The van der Waals surface area contributed by atoms with Crippen molar-refractivity contribution in [2.45, 2.75) is 24.8 Å². The summed E-state index contributed by atoms with van der Waals surface area (Å²) in [6.07, 6.45) is 0. The summed E-state index contributed by atoms with van der Waals surface area (Å²) in [6.45, 7) is 4.98. The van der Waals surface area contributed by atoms with E-state index in [2.05, 4.69) is 26.0 Å². The van der Waals surface area contributed by atoms with Gasteiger partial charge in [0.15, 0.2) is 0 Å². The van der Waals surface area contributed by atoms with E-state index in [-0.39, 0.29) is 28.4 Å². The van der Waals surface area contributed by atoms with Crippen LogP contribution in [0.5, 0.6) is 0 Å². The summed E-state index contributed by atoms with van der Waals surface area (Å²) in [6, 6.07) is 4.95. The number of hydrogen-bond donors (Lipinski definition) is 2. The standard InChI is InChI=1S/C11H16BrClN2O2S.ClH/c1-3-14-8(2)7-15-18(16,17)11-9(12)5-4-6-10(11)13;/h4-6,8,14-15H,3,7H2,1-2H3;1H/t8-;/m1./s1. The van der Waals surface area contributed by atoms with Crippen LogP contribution in [0.25, 0.3) is 0 Å². The lowest BCUT2D eigenvalue weighted by Gasteiger charge is -2.14. The van der Waals surface area contributed by atoms with Crippen LogP contribution in [0.1, 0.15) is 13.8 Å². The van der Waals surface area contributed by atoms with Crippen LogP contribution in [0.3, 0.4) is 0 Å². The number of benzene rings is 1. The van der Waals surface area contributed by atoms with Gasteiger partial charge in [-0.3, -0.25) is 0 Å². The van der Waals surface area contributed by atoms with Crippen molar-refractivity contribution < 1.29 is 8.42 Å². The van der Waals surface area contributed by atoms with Crippen molar-refractivity contribution in [1.29, 1.82) is 0 Å². The molecule has 110 valence electrons. The SMILES string of the molecule is CCN[C@H](C)CNS(=O)(=O)c1c(Cl)cccc1Br.Cl. The molecule has 0 spiro atoms. The fourth-order valence-electron chi connectivity index (χ4n) is 1.47. The third-order valence-corrected chi connectivity index (χ3v) is 5.19. The van der Waals surface area contributed by atoms with E-state index in [9.17, 15) is 8.42 Å². The summed E-state index contributed by atoms with van der Waals surface area (Å²) in [5.74, 6) is 0. The zero-order chi connectivity index (χ0) is 13.8. The predicted octanol–water partition coefficient (Wildman–Crippen LogP) is 2.80. The smallest absolute Gasteiger partial charge is 0.243 e. The molecule has 1 aromatic rings. The van der Waals surface area contributed by atoms with Gasteiger partial charge in [-0.05, 0) is 41.5 Å². The molecule has 0 bridgehead atoms. The number of nitrogens with one attached hydrogen (secondary N) is 2. The number of likely N-dealkylation sites (N-methyl/N-ethyl adjacent to an activating group) is 1. The van der Waals surface area contributed by atoms with E-state index in [1.165, 1.54) is 0 Å². The Hall–Kier alpha value is 0.150. The molecule has 1 rings (SSSR count). The second-order valence-electron chi connectivity index (χ2n) is 3.86. The fourth-order valence-corrected chi connectivity index (χ4v) is 4.33. The number of halogens is 3. The van der Waals surface area contributed by atoms with Gasteiger partial charge in [0.2, 0.25) is 10.0 Å². The highest BCUT2D eigenvalue weighted by molar-refractivity contribution is 9.10. The first-order valence-electron chi connectivity index (χ1n) is 5.55. The minimum absolute atomic E-state index is 0. The Labute approximate surface area is 133 Å². The molecule has 0 aliphatic carbocycles. The van der Waals surface area contributed by atoms with Gasteiger partial charge >= 0.3 is 0 Å². The van der Waals surface area contributed by atoms with Crippen LogP contribution in [-0.4, -0.2) is 27.5 Å². The Morgan fingerprint density at radius 2 is 2.05 bits per heavy atom. The Morgan fingerprint density at radius 3 is 2.58 bits per heavy atom. The highest BCUT2D eigenvalue weighted by atomic mass is 79.9. The van der Waals surface area contributed by atoms with Gasteiger partial charge in [0.25, 0.3) is 0 Å². The van der Waals surface area contributed by atoms with Gasteiger partial charge in [-0.25, -0.2) is 13.1 Å². The molecule has 0 amide bonds. The zero-order valence-corrected chi connectivity index (χ0v) is 14.6. The van der Waals surface area contributed by atoms with Crippen molar-refractivity contribution in [2.75, 3.05) is 13.1 Å². The number of rotatable bonds is 6. The first kappa shape index (κ1) is 19.1. The highest BCUT2D eigenvalue weighted by Crippen LogP contribution is 2.28. The minimum Gasteiger partial charge on any atom is -0.313 e. The van der Waals surface area contributed by atoms with E-state index in [1.807, 2.05) is 13.8 Å². The fraction of sp³-hybridized carbons (Fsp3) is 0.455. The Bertz CT molecular complexity index is 491.